The van der Waals surface area contributed by atoms with Gasteiger partial charge in [-0.2, -0.15) is 5.10 Å². The maximum absolute atomic E-state index is 11.5. The minimum atomic E-state index is -3.25. The van der Waals surface area contributed by atoms with Crippen LogP contribution in [0.15, 0.2) is 11.7 Å². The number of aromatic nitrogens is 3. The summed E-state index contributed by atoms with van der Waals surface area (Å²) in [7, 11) is -1.78. The molecule has 1 N–H and O–H groups in total. The van der Waals surface area contributed by atoms with Gasteiger partial charge >= 0.3 is 0 Å². The highest BCUT2D eigenvalue weighted by Crippen LogP contribution is 2.12. The average molecular weight is 290 g/mol. The normalized spacial score (nSPS) is 12.3. The largest absolute Gasteiger partial charge is 0.384 e. The summed E-state index contributed by atoms with van der Waals surface area (Å²) in [5.41, 5.74) is 0.946. The summed E-state index contributed by atoms with van der Waals surface area (Å²) in [5, 5.41) is 5.99. The van der Waals surface area contributed by atoms with Gasteiger partial charge in [-0.1, -0.05) is 0 Å². The molecule has 0 saturated carbocycles. The van der Waals surface area contributed by atoms with Crippen molar-refractivity contribution in [3.63, 3.8) is 0 Å². The zero-order valence-corrected chi connectivity index (χ0v) is 11.5. The summed E-state index contributed by atoms with van der Waals surface area (Å²) in [5.74, 6) is -0.0220. The molecule has 2 aromatic heterocycles. The quantitative estimate of drug-likeness (QED) is 0.769. The second kappa shape index (κ2) is 5.74. The molecule has 0 spiro atoms. The highest BCUT2D eigenvalue weighted by Gasteiger charge is 2.10. The molecule has 2 heterocycles. The summed E-state index contributed by atoms with van der Waals surface area (Å²) in [4.78, 5) is 4.86. The summed E-state index contributed by atoms with van der Waals surface area (Å²) < 4.78 is 32.0. The lowest BCUT2D eigenvalue weighted by Crippen LogP contribution is -2.30. The Balaban J connectivity index is 1.87. The number of ether oxygens (including phenoxy) is 1. The Morgan fingerprint density at radius 3 is 3.17 bits per heavy atom. The first kappa shape index (κ1) is 13.4. The van der Waals surface area contributed by atoms with Gasteiger partial charge < -0.3 is 4.74 Å². The molecule has 0 saturated heterocycles. The molecule has 0 fully saturated rings. The van der Waals surface area contributed by atoms with E-state index in [0.29, 0.717) is 13.0 Å². The number of thiazole rings is 1. The molecule has 2 aromatic rings. The van der Waals surface area contributed by atoms with Gasteiger partial charge in [0.25, 0.3) is 0 Å². The van der Waals surface area contributed by atoms with Crippen LogP contribution in [0.4, 0.5) is 0 Å². The highest BCUT2D eigenvalue weighted by atomic mass is 32.2. The summed E-state index contributed by atoms with van der Waals surface area (Å²) in [6.07, 6.45) is 2.06. The number of hydrogen-bond acceptors (Lipinski definition) is 6. The molecule has 9 heteroatoms. The predicted molar refractivity (Wildman–Crippen MR) is 68.2 cm³/mol. The first-order valence-corrected chi connectivity index (χ1v) is 7.88. The third-order valence-corrected chi connectivity index (χ3v) is 4.58. The number of fused-ring (bicyclic) bond motifs is 1. The van der Waals surface area contributed by atoms with E-state index in [1.165, 1.54) is 24.8 Å². The third-order valence-electron chi connectivity index (χ3n) is 2.35. The fourth-order valence-electron chi connectivity index (χ4n) is 1.44. The van der Waals surface area contributed by atoms with Gasteiger partial charge in [0.15, 0.2) is 0 Å². The van der Waals surface area contributed by atoms with Gasteiger partial charge in [-0.15, -0.1) is 11.3 Å². The van der Waals surface area contributed by atoms with Gasteiger partial charge in [0.05, 0.1) is 18.1 Å². The molecule has 0 atom stereocenters. The lowest BCUT2D eigenvalue weighted by Gasteiger charge is -2.05. The van der Waals surface area contributed by atoms with Crippen molar-refractivity contribution in [2.45, 2.75) is 6.42 Å². The average Bonchev–Trinajstić information content (AvgIpc) is 2.91. The van der Waals surface area contributed by atoms with E-state index in [1.54, 1.807) is 4.52 Å². The molecule has 100 valence electrons. The molecule has 0 bridgehead atoms. The molecule has 7 nitrogen and oxygen atoms in total. The van der Waals surface area contributed by atoms with Gasteiger partial charge in [0.2, 0.25) is 15.0 Å². The topological polar surface area (TPSA) is 85.6 Å². The Morgan fingerprint density at radius 1 is 1.56 bits per heavy atom. The number of nitrogens with zero attached hydrogens (tertiary/aromatic N) is 3. The van der Waals surface area contributed by atoms with Gasteiger partial charge in [-0.3, -0.25) is 0 Å². The lowest BCUT2D eigenvalue weighted by molar-refractivity contribution is 0.217. The van der Waals surface area contributed by atoms with E-state index in [4.69, 9.17) is 4.74 Å². The van der Waals surface area contributed by atoms with Gasteiger partial charge in [-0.25, -0.2) is 22.6 Å². The van der Waals surface area contributed by atoms with Crippen LogP contribution in [-0.4, -0.2) is 49.0 Å². The van der Waals surface area contributed by atoms with Crippen LogP contribution in [0.3, 0.4) is 0 Å². The van der Waals surface area contributed by atoms with Gasteiger partial charge in [0.1, 0.15) is 6.33 Å². The van der Waals surface area contributed by atoms with Crippen LogP contribution in [0.2, 0.25) is 0 Å². The zero-order chi connectivity index (χ0) is 13.0. The van der Waals surface area contributed by atoms with Crippen LogP contribution in [-0.2, 0) is 21.2 Å². The lowest BCUT2D eigenvalue weighted by atomic mass is 10.3. The first-order chi connectivity index (χ1) is 8.62. The molecular weight excluding hydrogens is 276 g/mol. The van der Waals surface area contributed by atoms with Crippen molar-refractivity contribution >= 4 is 26.3 Å². The minimum Gasteiger partial charge on any atom is -0.384 e. The van der Waals surface area contributed by atoms with Crippen molar-refractivity contribution in [1.82, 2.24) is 19.3 Å². The number of sulfonamides is 1. The second-order valence-electron chi connectivity index (χ2n) is 3.64. The molecule has 0 unspecified atom stereocenters. The fourth-order valence-corrected chi connectivity index (χ4v) is 3.22. The van der Waals surface area contributed by atoms with Gasteiger partial charge in [0, 0.05) is 25.5 Å². The van der Waals surface area contributed by atoms with E-state index in [0.717, 1.165) is 10.7 Å². The molecule has 0 amide bonds. The zero-order valence-electron chi connectivity index (χ0n) is 9.87. The maximum Gasteiger partial charge on any atom is 0.213 e. The number of methoxy groups -OCH3 is 1. The summed E-state index contributed by atoms with van der Waals surface area (Å²) >= 11 is 1.48. The maximum atomic E-state index is 11.5. The smallest absolute Gasteiger partial charge is 0.213 e. The molecule has 0 aliphatic carbocycles. The summed E-state index contributed by atoms with van der Waals surface area (Å²) in [6.45, 7) is 0.541. The third kappa shape index (κ3) is 3.25. The SMILES string of the molecule is COCCS(=O)(=O)NCCc1csc2ncnn12. The van der Waals surface area contributed by atoms with Crippen LogP contribution in [0.5, 0.6) is 0 Å². The van der Waals surface area contributed by atoms with E-state index in [9.17, 15) is 8.42 Å². The molecule has 0 aliphatic heterocycles. The Bertz CT molecular complexity index is 604. The van der Waals surface area contributed by atoms with Crippen molar-refractivity contribution in [2.75, 3.05) is 26.0 Å². The predicted octanol–water partition coefficient (Wildman–Crippen LogP) is -0.101. The summed E-state index contributed by atoms with van der Waals surface area (Å²) in [6, 6.07) is 0. The van der Waals surface area contributed by atoms with Gasteiger partial charge in [-0.05, 0) is 0 Å². The van der Waals surface area contributed by atoms with Crippen LogP contribution < -0.4 is 4.72 Å². The van der Waals surface area contributed by atoms with Crippen LogP contribution in [0.1, 0.15) is 5.69 Å². The van der Waals surface area contributed by atoms with E-state index < -0.39 is 10.0 Å². The van der Waals surface area contributed by atoms with Crippen LogP contribution >= 0.6 is 11.3 Å². The first-order valence-electron chi connectivity index (χ1n) is 5.35. The molecular formula is C9H14N4O3S2. The van der Waals surface area contributed by atoms with E-state index >= 15 is 0 Å². The van der Waals surface area contributed by atoms with Crippen molar-refractivity contribution in [1.29, 1.82) is 0 Å². The Kier molecular flexibility index (Phi) is 4.27. The number of hydrogen-bond donors (Lipinski definition) is 1. The molecule has 0 aromatic carbocycles. The molecule has 0 radical (unpaired) electrons. The van der Waals surface area contributed by atoms with Crippen molar-refractivity contribution < 1.29 is 13.2 Å². The Morgan fingerprint density at radius 2 is 2.39 bits per heavy atom. The number of nitrogens with one attached hydrogen (secondary N) is 1. The standard InChI is InChI=1S/C9H14N4O3S2/c1-16-4-5-18(14,15)12-3-2-8-6-17-9-10-7-11-13(8)9/h6-7,12H,2-5H2,1H3. The van der Waals surface area contributed by atoms with Crippen LogP contribution in [0.25, 0.3) is 4.96 Å². The van der Waals surface area contributed by atoms with Crippen LogP contribution in [0, 0.1) is 0 Å². The monoisotopic (exact) mass is 290 g/mol. The van der Waals surface area contributed by atoms with E-state index in [1.807, 2.05) is 5.38 Å². The van der Waals surface area contributed by atoms with E-state index in [2.05, 4.69) is 14.8 Å². The van der Waals surface area contributed by atoms with E-state index in [-0.39, 0.29) is 12.4 Å². The highest BCUT2D eigenvalue weighted by molar-refractivity contribution is 7.89. The van der Waals surface area contributed by atoms with Crippen molar-refractivity contribution in [3.8, 4) is 0 Å². The molecule has 18 heavy (non-hydrogen) atoms. The number of rotatable bonds is 7. The Labute approximate surface area is 109 Å². The minimum absolute atomic E-state index is 0.0220. The molecule has 2 rings (SSSR count). The Hall–Kier alpha value is -1.03. The van der Waals surface area contributed by atoms with Crippen molar-refractivity contribution in [2.24, 2.45) is 0 Å². The fraction of sp³-hybridized carbons (Fsp3) is 0.556. The second-order valence-corrected chi connectivity index (χ2v) is 6.40. The van der Waals surface area contributed by atoms with Crippen molar-refractivity contribution in [3.05, 3.63) is 17.4 Å². The molecule has 0 aliphatic rings.